The van der Waals surface area contributed by atoms with E-state index in [2.05, 4.69) is 34.5 Å². The summed E-state index contributed by atoms with van der Waals surface area (Å²) in [6.07, 6.45) is 4.48. The Balaban J connectivity index is 0.00000324. The van der Waals surface area contributed by atoms with E-state index in [1.807, 2.05) is 12.1 Å². The molecule has 0 saturated heterocycles. The van der Waals surface area contributed by atoms with Crippen LogP contribution in [-0.2, 0) is 0 Å². The molecule has 0 aliphatic rings. The van der Waals surface area contributed by atoms with Gasteiger partial charge in [0.15, 0.2) is 5.96 Å². The van der Waals surface area contributed by atoms with Crippen molar-refractivity contribution in [1.82, 2.24) is 15.6 Å². The Bertz CT molecular complexity index is 346. The smallest absolute Gasteiger partial charge is 0.191 e. The average molecular weight is 378 g/mol. The number of nitrogens with one attached hydrogen (secondary N) is 2. The summed E-state index contributed by atoms with van der Waals surface area (Å²) in [4.78, 5) is 8.39. The molecule has 1 heterocycles. The van der Waals surface area contributed by atoms with Crippen LogP contribution in [0.25, 0.3) is 0 Å². The van der Waals surface area contributed by atoms with Crippen molar-refractivity contribution in [3.8, 4) is 5.75 Å². The van der Waals surface area contributed by atoms with Crippen molar-refractivity contribution in [2.45, 2.75) is 20.3 Å². The Morgan fingerprint density at radius 3 is 2.84 bits per heavy atom. The van der Waals surface area contributed by atoms with Gasteiger partial charge in [-0.3, -0.25) is 9.98 Å². The van der Waals surface area contributed by atoms with Crippen molar-refractivity contribution in [2.24, 2.45) is 4.99 Å². The number of halogens is 1. The van der Waals surface area contributed by atoms with Crippen LogP contribution in [-0.4, -0.2) is 37.2 Å². The van der Waals surface area contributed by atoms with Gasteiger partial charge in [-0.1, -0.05) is 6.92 Å². The molecule has 0 aliphatic heterocycles. The fourth-order valence-electron chi connectivity index (χ4n) is 1.34. The summed E-state index contributed by atoms with van der Waals surface area (Å²) in [5.74, 6) is 1.63. The van der Waals surface area contributed by atoms with Crippen molar-refractivity contribution in [1.29, 1.82) is 0 Å². The molecule has 1 aromatic rings. The molecule has 2 N–H and O–H groups in total. The minimum absolute atomic E-state index is 0. The molecule has 5 nitrogen and oxygen atoms in total. The van der Waals surface area contributed by atoms with Gasteiger partial charge in [-0.15, -0.1) is 24.0 Å². The quantitative estimate of drug-likeness (QED) is 0.330. The van der Waals surface area contributed by atoms with Crippen molar-refractivity contribution in [3.63, 3.8) is 0 Å². The minimum Gasteiger partial charge on any atom is -0.490 e. The van der Waals surface area contributed by atoms with Crippen molar-refractivity contribution >= 4 is 29.9 Å². The largest absolute Gasteiger partial charge is 0.490 e. The molecule has 0 spiro atoms. The topological polar surface area (TPSA) is 58.5 Å². The molecule has 0 aromatic carbocycles. The third-order valence-electron chi connectivity index (χ3n) is 2.14. The molecular formula is C13H23IN4O. The van der Waals surface area contributed by atoms with Gasteiger partial charge < -0.3 is 15.4 Å². The highest BCUT2D eigenvalue weighted by Gasteiger charge is 1.96. The molecule has 0 unspecified atom stereocenters. The normalized spacial score (nSPS) is 10.5. The Morgan fingerprint density at radius 2 is 2.21 bits per heavy atom. The molecule has 0 saturated carbocycles. The van der Waals surface area contributed by atoms with Gasteiger partial charge in [0.25, 0.3) is 0 Å². The minimum atomic E-state index is 0. The van der Waals surface area contributed by atoms with Crippen LogP contribution in [0.15, 0.2) is 29.5 Å². The zero-order valence-electron chi connectivity index (χ0n) is 11.6. The zero-order valence-corrected chi connectivity index (χ0v) is 13.9. The summed E-state index contributed by atoms with van der Waals surface area (Å²) >= 11 is 0. The molecule has 0 fully saturated rings. The lowest BCUT2D eigenvalue weighted by Crippen LogP contribution is -2.39. The highest BCUT2D eigenvalue weighted by molar-refractivity contribution is 14.0. The van der Waals surface area contributed by atoms with Crippen LogP contribution < -0.4 is 15.4 Å². The molecule has 0 amide bonds. The zero-order chi connectivity index (χ0) is 13.1. The number of ether oxygens (including phenoxy) is 1. The number of guanidine groups is 1. The van der Waals surface area contributed by atoms with Crippen LogP contribution in [0.2, 0.25) is 0 Å². The van der Waals surface area contributed by atoms with E-state index in [0.29, 0.717) is 13.2 Å². The van der Waals surface area contributed by atoms with Crippen LogP contribution in [0.5, 0.6) is 5.75 Å². The molecule has 0 atom stereocenters. The molecule has 0 radical (unpaired) electrons. The summed E-state index contributed by atoms with van der Waals surface area (Å²) < 4.78 is 5.53. The maximum Gasteiger partial charge on any atom is 0.191 e. The van der Waals surface area contributed by atoms with Crippen LogP contribution >= 0.6 is 24.0 Å². The highest BCUT2D eigenvalue weighted by atomic mass is 127. The van der Waals surface area contributed by atoms with Gasteiger partial charge in [0.05, 0.1) is 12.7 Å². The van der Waals surface area contributed by atoms with E-state index in [9.17, 15) is 0 Å². The standard InChI is InChI=1S/C13H22N4O.HI/c1-3-7-16-13(15-4-2)17-9-10-18-12-6-5-8-14-11-12;/h5-6,8,11H,3-4,7,9-10H2,1-2H3,(H2,15,16,17);1H. The predicted octanol–water partition coefficient (Wildman–Crippen LogP) is 2.04. The highest BCUT2D eigenvalue weighted by Crippen LogP contribution is 2.04. The van der Waals surface area contributed by atoms with Crippen LogP contribution in [0.4, 0.5) is 0 Å². The average Bonchev–Trinajstić information content (AvgIpc) is 2.42. The fraction of sp³-hybridized carbons (Fsp3) is 0.538. The molecule has 1 aromatic heterocycles. The summed E-state index contributed by atoms with van der Waals surface area (Å²) in [5, 5.41) is 6.41. The second-order valence-electron chi connectivity index (χ2n) is 3.72. The molecule has 108 valence electrons. The Hall–Kier alpha value is -1.05. The number of aliphatic imine (C=N–C) groups is 1. The molecule has 1 rings (SSSR count). The van der Waals surface area contributed by atoms with Crippen LogP contribution in [0.1, 0.15) is 20.3 Å². The van der Waals surface area contributed by atoms with E-state index >= 15 is 0 Å². The van der Waals surface area contributed by atoms with E-state index in [1.54, 1.807) is 12.4 Å². The third-order valence-corrected chi connectivity index (χ3v) is 2.14. The lowest BCUT2D eigenvalue weighted by atomic mass is 10.5. The molecular weight excluding hydrogens is 355 g/mol. The molecule has 6 heteroatoms. The summed E-state index contributed by atoms with van der Waals surface area (Å²) in [5.41, 5.74) is 0. The second kappa shape index (κ2) is 12.0. The molecule has 0 aliphatic carbocycles. The molecule has 19 heavy (non-hydrogen) atoms. The number of rotatable bonds is 7. The number of nitrogens with zero attached hydrogens (tertiary/aromatic N) is 2. The maximum absolute atomic E-state index is 5.53. The first kappa shape index (κ1) is 17.9. The maximum atomic E-state index is 5.53. The summed E-state index contributed by atoms with van der Waals surface area (Å²) in [6.45, 7) is 7.15. The summed E-state index contributed by atoms with van der Waals surface area (Å²) in [6, 6.07) is 3.75. The Morgan fingerprint density at radius 1 is 1.37 bits per heavy atom. The fourth-order valence-corrected chi connectivity index (χ4v) is 1.34. The Kier molecular flexibility index (Phi) is 11.3. The number of hydrogen-bond acceptors (Lipinski definition) is 3. The lowest BCUT2D eigenvalue weighted by molar-refractivity contribution is 0.320. The SMILES string of the molecule is CCCN=C(NCC)NCCOc1cccnc1.I. The first-order valence-electron chi connectivity index (χ1n) is 6.41. The van der Waals surface area contributed by atoms with Crippen molar-refractivity contribution in [2.75, 3.05) is 26.2 Å². The summed E-state index contributed by atoms with van der Waals surface area (Å²) in [7, 11) is 0. The second-order valence-corrected chi connectivity index (χ2v) is 3.72. The van der Waals surface area contributed by atoms with Gasteiger partial charge in [-0.2, -0.15) is 0 Å². The van der Waals surface area contributed by atoms with Crippen molar-refractivity contribution < 1.29 is 4.74 Å². The monoisotopic (exact) mass is 378 g/mol. The lowest BCUT2D eigenvalue weighted by Gasteiger charge is -2.11. The van der Waals surface area contributed by atoms with E-state index in [0.717, 1.165) is 31.2 Å². The number of pyridine rings is 1. The van der Waals surface area contributed by atoms with Gasteiger partial charge in [-0.05, 0) is 25.5 Å². The van der Waals surface area contributed by atoms with Gasteiger partial charge in [-0.25, -0.2) is 0 Å². The van der Waals surface area contributed by atoms with Gasteiger partial charge in [0.2, 0.25) is 0 Å². The number of hydrogen-bond donors (Lipinski definition) is 2. The Labute approximate surface area is 132 Å². The first-order valence-corrected chi connectivity index (χ1v) is 6.41. The van der Waals surface area contributed by atoms with Gasteiger partial charge >= 0.3 is 0 Å². The van der Waals surface area contributed by atoms with E-state index < -0.39 is 0 Å². The van der Waals surface area contributed by atoms with E-state index in [-0.39, 0.29) is 24.0 Å². The van der Waals surface area contributed by atoms with Crippen molar-refractivity contribution in [3.05, 3.63) is 24.5 Å². The van der Waals surface area contributed by atoms with Crippen LogP contribution in [0, 0.1) is 0 Å². The third kappa shape index (κ3) is 8.63. The predicted molar refractivity (Wildman–Crippen MR) is 89.4 cm³/mol. The van der Waals surface area contributed by atoms with E-state index in [1.165, 1.54) is 0 Å². The van der Waals surface area contributed by atoms with Gasteiger partial charge in [0, 0.05) is 19.3 Å². The first-order chi connectivity index (χ1) is 8.86. The molecule has 0 bridgehead atoms. The van der Waals surface area contributed by atoms with E-state index in [4.69, 9.17) is 4.74 Å². The number of aromatic nitrogens is 1. The van der Waals surface area contributed by atoms with Gasteiger partial charge in [0.1, 0.15) is 12.4 Å². The van der Waals surface area contributed by atoms with Crippen LogP contribution in [0.3, 0.4) is 0 Å².